The minimum Gasteiger partial charge on any atom is -0.390 e. The lowest BCUT2D eigenvalue weighted by Crippen LogP contribution is -2.40. The third-order valence-electron chi connectivity index (χ3n) is 3.10. The normalized spacial score (nSPS) is 29.2. The van der Waals surface area contributed by atoms with Crippen molar-refractivity contribution in [3.63, 3.8) is 0 Å². The van der Waals surface area contributed by atoms with Crippen LogP contribution in [0.5, 0.6) is 0 Å². The number of aliphatic hydroxyl groups is 1. The Morgan fingerprint density at radius 3 is 2.82 bits per heavy atom. The molecule has 3 heteroatoms. The Hall–Kier alpha value is -0.900. The summed E-state index contributed by atoms with van der Waals surface area (Å²) in [7, 11) is 0. The fraction of sp³-hybridized carbons (Fsp3) is 0.571. The van der Waals surface area contributed by atoms with Crippen LogP contribution in [-0.4, -0.2) is 30.0 Å². The number of hydrogen-bond donors (Lipinski definition) is 1. The molecule has 17 heavy (non-hydrogen) atoms. The highest BCUT2D eigenvalue weighted by Gasteiger charge is 2.27. The lowest BCUT2D eigenvalue weighted by Gasteiger charge is -2.32. The van der Waals surface area contributed by atoms with Gasteiger partial charge in [-0.05, 0) is 25.3 Å². The lowest BCUT2D eigenvalue weighted by atomic mass is 10.0. The summed E-state index contributed by atoms with van der Waals surface area (Å²) in [6, 6.07) is 10.0. The fourth-order valence-corrected chi connectivity index (χ4v) is 2.07. The van der Waals surface area contributed by atoms with E-state index in [1.165, 1.54) is 0 Å². The Morgan fingerprint density at radius 1 is 1.29 bits per heavy atom. The van der Waals surface area contributed by atoms with Crippen molar-refractivity contribution < 1.29 is 14.6 Å². The first-order valence-corrected chi connectivity index (χ1v) is 6.21. The highest BCUT2D eigenvalue weighted by Crippen LogP contribution is 2.19. The number of aliphatic hydroxyl groups excluding tert-OH is 1. The predicted molar refractivity (Wildman–Crippen MR) is 65.7 cm³/mol. The minimum atomic E-state index is -0.387. The molecule has 1 N–H and O–H groups in total. The number of rotatable bonds is 4. The van der Waals surface area contributed by atoms with Crippen molar-refractivity contribution in [1.82, 2.24) is 0 Å². The van der Waals surface area contributed by atoms with Crippen molar-refractivity contribution in [1.29, 1.82) is 0 Å². The molecule has 3 nitrogen and oxygen atoms in total. The van der Waals surface area contributed by atoms with Crippen LogP contribution in [0.2, 0.25) is 0 Å². The average Bonchev–Trinajstić information content (AvgIpc) is 2.35. The molecule has 94 valence electrons. The molecular weight excluding hydrogens is 216 g/mol. The molecule has 0 amide bonds. The maximum Gasteiger partial charge on any atom is 0.107 e. The van der Waals surface area contributed by atoms with Crippen LogP contribution in [0.4, 0.5) is 0 Å². The van der Waals surface area contributed by atoms with Crippen molar-refractivity contribution in [2.45, 2.75) is 44.7 Å². The Labute approximate surface area is 102 Å². The Morgan fingerprint density at radius 2 is 2.06 bits per heavy atom. The van der Waals surface area contributed by atoms with E-state index in [-0.39, 0.29) is 18.3 Å². The van der Waals surface area contributed by atoms with E-state index in [0.717, 1.165) is 18.4 Å². The number of ether oxygens (including phenoxy) is 2. The van der Waals surface area contributed by atoms with Crippen LogP contribution >= 0.6 is 0 Å². The summed E-state index contributed by atoms with van der Waals surface area (Å²) < 4.78 is 11.3. The van der Waals surface area contributed by atoms with Crippen molar-refractivity contribution >= 4 is 0 Å². The summed E-state index contributed by atoms with van der Waals surface area (Å²) in [5, 5.41) is 9.78. The van der Waals surface area contributed by atoms with E-state index >= 15 is 0 Å². The van der Waals surface area contributed by atoms with E-state index in [9.17, 15) is 5.11 Å². The molecule has 1 fully saturated rings. The maximum absolute atomic E-state index is 9.78. The van der Waals surface area contributed by atoms with Gasteiger partial charge in [0.05, 0.1) is 25.4 Å². The minimum absolute atomic E-state index is 0.178. The molecule has 2 rings (SSSR count). The third kappa shape index (κ3) is 3.80. The fourth-order valence-electron chi connectivity index (χ4n) is 2.07. The molecule has 0 bridgehead atoms. The van der Waals surface area contributed by atoms with Gasteiger partial charge in [-0.15, -0.1) is 0 Å². The smallest absolute Gasteiger partial charge is 0.107 e. The van der Waals surface area contributed by atoms with Gasteiger partial charge in [-0.3, -0.25) is 0 Å². The molecular formula is C14H20O3. The van der Waals surface area contributed by atoms with Crippen molar-refractivity contribution in [3.05, 3.63) is 35.9 Å². The van der Waals surface area contributed by atoms with Crippen molar-refractivity contribution in [3.8, 4) is 0 Å². The SMILES string of the molecule is C[C@@H]1CC[C@H](O)[C@@H](COCc2ccccc2)O1. The maximum atomic E-state index is 9.78. The van der Waals surface area contributed by atoms with Crippen LogP contribution in [0, 0.1) is 0 Å². The van der Waals surface area contributed by atoms with Crippen LogP contribution in [-0.2, 0) is 16.1 Å². The van der Waals surface area contributed by atoms with E-state index in [2.05, 4.69) is 0 Å². The average molecular weight is 236 g/mol. The molecule has 1 saturated heterocycles. The summed E-state index contributed by atoms with van der Waals surface area (Å²) in [5.74, 6) is 0. The molecule has 1 heterocycles. The first kappa shape index (κ1) is 12.6. The molecule has 1 aromatic rings. The molecule has 0 aromatic heterocycles. The highest BCUT2D eigenvalue weighted by atomic mass is 16.5. The van der Waals surface area contributed by atoms with Gasteiger partial charge >= 0.3 is 0 Å². The molecule has 1 aliphatic rings. The second kappa shape index (κ2) is 6.15. The van der Waals surface area contributed by atoms with Crippen LogP contribution in [0.25, 0.3) is 0 Å². The van der Waals surface area contributed by atoms with Gasteiger partial charge in [0.25, 0.3) is 0 Å². The number of benzene rings is 1. The second-order valence-electron chi connectivity index (χ2n) is 4.63. The summed E-state index contributed by atoms with van der Waals surface area (Å²) >= 11 is 0. The Bertz CT molecular complexity index is 325. The van der Waals surface area contributed by atoms with E-state index < -0.39 is 0 Å². The first-order valence-electron chi connectivity index (χ1n) is 6.21. The van der Waals surface area contributed by atoms with Gasteiger partial charge < -0.3 is 14.6 Å². The molecule has 0 unspecified atom stereocenters. The van der Waals surface area contributed by atoms with Gasteiger partial charge in [-0.1, -0.05) is 30.3 Å². The van der Waals surface area contributed by atoms with Gasteiger partial charge in [0.15, 0.2) is 0 Å². The monoisotopic (exact) mass is 236 g/mol. The van der Waals surface area contributed by atoms with Crippen molar-refractivity contribution in [2.75, 3.05) is 6.61 Å². The largest absolute Gasteiger partial charge is 0.390 e. The van der Waals surface area contributed by atoms with E-state index in [1.54, 1.807) is 0 Å². The van der Waals surface area contributed by atoms with Gasteiger partial charge in [0.1, 0.15) is 6.10 Å². The van der Waals surface area contributed by atoms with Crippen LogP contribution in [0.15, 0.2) is 30.3 Å². The van der Waals surface area contributed by atoms with Crippen LogP contribution < -0.4 is 0 Å². The van der Waals surface area contributed by atoms with Gasteiger partial charge in [-0.2, -0.15) is 0 Å². The Balaban J connectivity index is 1.74. The first-order chi connectivity index (χ1) is 8.25. The zero-order valence-electron chi connectivity index (χ0n) is 10.2. The van der Waals surface area contributed by atoms with Crippen LogP contribution in [0.1, 0.15) is 25.3 Å². The molecule has 1 aliphatic heterocycles. The molecule has 3 atom stereocenters. The predicted octanol–water partition coefficient (Wildman–Crippen LogP) is 2.13. The summed E-state index contributed by atoms with van der Waals surface area (Å²) in [5.41, 5.74) is 1.14. The molecule has 0 radical (unpaired) electrons. The summed E-state index contributed by atoms with van der Waals surface area (Å²) in [4.78, 5) is 0. The zero-order valence-corrected chi connectivity index (χ0v) is 10.2. The summed E-state index contributed by atoms with van der Waals surface area (Å²) in [6.45, 7) is 3.07. The van der Waals surface area contributed by atoms with E-state index in [0.29, 0.717) is 13.2 Å². The van der Waals surface area contributed by atoms with E-state index in [4.69, 9.17) is 9.47 Å². The van der Waals surface area contributed by atoms with Crippen molar-refractivity contribution in [2.24, 2.45) is 0 Å². The van der Waals surface area contributed by atoms with Gasteiger partial charge in [-0.25, -0.2) is 0 Å². The molecule has 0 aliphatic carbocycles. The highest BCUT2D eigenvalue weighted by molar-refractivity contribution is 5.13. The van der Waals surface area contributed by atoms with Gasteiger partial charge in [0, 0.05) is 0 Å². The molecule has 0 spiro atoms. The topological polar surface area (TPSA) is 38.7 Å². The standard InChI is InChI=1S/C14H20O3/c1-11-7-8-13(15)14(17-11)10-16-9-12-5-3-2-4-6-12/h2-6,11,13-15H,7-10H2,1H3/t11-,13+,14-/m1/s1. The quantitative estimate of drug-likeness (QED) is 0.870. The molecule has 1 aromatic carbocycles. The van der Waals surface area contributed by atoms with Crippen LogP contribution in [0.3, 0.4) is 0 Å². The van der Waals surface area contributed by atoms with Gasteiger partial charge in [0.2, 0.25) is 0 Å². The molecule has 0 saturated carbocycles. The summed E-state index contributed by atoms with van der Waals surface area (Å²) in [6.07, 6.45) is 1.39. The second-order valence-corrected chi connectivity index (χ2v) is 4.63. The number of hydrogen-bond acceptors (Lipinski definition) is 3. The Kier molecular flexibility index (Phi) is 4.54. The zero-order chi connectivity index (χ0) is 12.1. The third-order valence-corrected chi connectivity index (χ3v) is 3.10. The lowest BCUT2D eigenvalue weighted by molar-refractivity contribution is -0.139. The van der Waals surface area contributed by atoms with E-state index in [1.807, 2.05) is 37.3 Å².